The maximum atomic E-state index is 12.1. The Labute approximate surface area is 144 Å². The molecule has 0 saturated carbocycles. The van der Waals surface area contributed by atoms with Crippen LogP contribution in [0.3, 0.4) is 0 Å². The lowest BCUT2D eigenvalue weighted by atomic mass is 10.0. The van der Waals surface area contributed by atoms with Gasteiger partial charge in [-0.15, -0.1) is 0 Å². The molecule has 0 aliphatic rings. The van der Waals surface area contributed by atoms with Gasteiger partial charge in [-0.25, -0.2) is 0 Å². The average Bonchev–Trinajstić information content (AvgIpc) is 2.55. The molecule has 0 atom stereocenters. The lowest BCUT2D eigenvalue weighted by Crippen LogP contribution is -2.21. The Morgan fingerprint density at radius 1 is 1.29 bits per heavy atom. The molecule has 2 rings (SSSR count). The number of non-ortho nitro benzene ring substituents is 1. The van der Waals surface area contributed by atoms with Crippen molar-refractivity contribution in [1.29, 1.82) is 0 Å². The Bertz CT molecular complexity index is 760. The number of nitro groups is 1. The molecule has 7 heteroatoms. The number of carbonyl (C=O) groups is 1. The standard InChI is InChI=1S/C17H17ClN2O4/c1-3-12-9-14(20(22)23)8-11(2)17(12)19-16(21)10-24-15-6-4-13(18)5-7-15/h4-9H,3,10H2,1-2H3,(H,19,21). The van der Waals surface area contributed by atoms with Crippen molar-refractivity contribution >= 4 is 28.9 Å². The summed E-state index contributed by atoms with van der Waals surface area (Å²) in [5.41, 5.74) is 1.95. The molecule has 126 valence electrons. The van der Waals surface area contributed by atoms with Crippen molar-refractivity contribution in [2.24, 2.45) is 0 Å². The van der Waals surface area contributed by atoms with E-state index in [0.717, 1.165) is 0 Å². The smallest absolute Gasteiger partial charge is 0.270 e. The zero-order valence-electron chi connectivity index (χ0n) is 13.3. The predicted molar refractivity (Wildman–Crippen MR) is 92.8 cm³/mol. The maximum absolute atomic E-state index is 12.1. The van der Waals surface area contributed by atoms with Crippen LogP contribution in [0.15, 0.2) is 36.4 Å². The molecule has 0 fully saturated rings. The van der Waals surface area contributed by atoms with Crippen LogP contribution in [0.1, 0.15) is 18.1 Å². The lowest BCUT2D eigenvalue weighted by molar-refractivity contribution is -0.384. The summed E-state index contributed by atoms with van der Waals surface area (Å²) >= 11 is 5.78. The van der Waals surface area contributed by atoms with Crippen LogP contribution in [0.5, 0.6) is 5.75 Å². The van der Waals surface area contributed by atoms with Gasteiger partial charge in [0.1, 0.15) is 5.75 Å². The highest BCUT2D eigenvalue weighted by molar-refractivity contribution is 6.30. The minimum Gasteiger partial charge on any atom is -0.484 e. The molecule has 0 radical (unpaired) electrons. The number of hydrogen-bond donors (Lipinski definition) is 1. The second-order valence-corrected chi connectivity index (χ2v) is 5.63. The van der Waals surface area contributed by atoms with Crippen LogP contribution in [0.2, 0.25) is 5.02 Å². The number of aryl methyl sites for hydroxylation is 2. The van der Waals surface area contributed by atoms with E-state index in [-0.39, 0.29) is 18.2 Å². The number of benzene rings is 2. The first-order chi connectivity index (χ1) is 11.4. The minimum absolute atomic E-state index is 0.0137. The number of rotatable bonds is 6. The van der Waals surface area contributed by atoms with Gasteiger partial charge in [0, 0.05) is 22.8 Å². The second-order valence-electron chi connectivity index (χ2n) is 5.20. The van der Waals surface area contributed by atoms with E-state index >= 15 is 0 Å². The van der Waals surface area contributed by atoms with Crippen LogP contribution in [0.4, 0.5) is 11.4 Å². The predicted octanol–water partition coefficient (Wildman–Crippen LogP) is 4.14. The highest BCUT2D eigenvalue weighted by Crippen LogP contribution is 2.27. The SMILES string of the molecule is CCc1cc([N+](=O)[O-])cc(C)c1NC(=O)COc1ccc(Cl)cc1. The first kappa shape index (κ1) is 17.7. The number of nitrogens with zero attached hydrogens (tertiary/aromatic N) is 1. The molecule has 0 spiro atoms. The number of anilines is 1. The molecule has 0 unspecified atom stereocenters. The highest BCUT2D eigenvalue weighted by atomic mass is 35.5. The summed E-state index contributed by atoms with van der Waals surface area (Å²) in [6.07, 6.45) is 0.566. The largest absolute Gasteiger partial charge is 0.484 e. The molecule has 24 heavy (non-hydrogen) atoms. The van der Waals surface area contributed by atoms with Crippen molar-refractivity contribution in [3.8, 4) is 5.75 Å². The number of hydrogen-bond acceptors (Lipinski definition) is 4. The quantitative estimate of drug-likeness (QED) is 0.628. The Morgan fingerprint density at radius 2 is 1.96 bits per heavy atom. The van der Waals surface area contributed by atoms with Gasteiger partial charge in [0.05, 0.1) is 4.92 Å². The molecular formula is C17H17ClN2O4. The van der Waals surface area contributed by atoms with Crippen molar-refractivity contribution in [2.75, 3.05) is 11.9 Å². The van der Waals surface area contributed by atoms with Gasteiger partial charge in [-0.05, 0) is 48.7 Å². The summed E-state index contributed by atoms with van der Waals surface area (Å²) in [6, 6.07) is 9.60. The molecule has 2 aromatic carbocycles. The number of amides is 1. The van der Waals surface area contributed by atoms with Gasteiger partial charge in [-0.3, -0.25) is 14.9 Å². The summed E-state index contributed by atoms with van der Waals surface area (Å²) in [5, 5.41) is 14.3. The minimum atomic E-state index is -0.443. The van der Waals surface area contributed by atoms with Gasteiger partial charge >= 0.3 is 0 Å². The second kappa shape index (κ2) is 7.79. The number of ether oxygens (including phenoxy) is 1. The van der Waals surface area contributed by atoms with Crippen LogP contribution in [0, 0.1) is 17.0 Å². The summed E-state index contributed by atoms with van der Waals surface area (Å²) in [4.78, 5) is 22.6. The van der Waals surface area contributed by atoms with E-state index in [4.69, 9.17) is 16.3 Å². The topological polar surface area (TPSA) is 81.5 Å². The zero-order valence-corrected chi connectivity index (χ0v) is 14.1. The fourth-order valence-electron chi connectivity index (χ4n) is 2.26. The van der Waals surface area contributed by atoms with Gasteiger partial charge in [0.25, 0.3) is 11.6 Å². The van der Waals surface area contributed by atoms with Gasteiger partial charge in [0.15, 0.2) is 6.61 Å². The normalized spacial score (nSPS) is 10.3. The number of halogens is 1. The van der Waals surface area contributed by atoms with E-state index in [1.165, 1.54) is 12.1 Å². The van der Waals surface area contributed by atoms with E-state index in [0.29, 0.717) is 34.0 Å². The Kier molecular flexibility index (Phi) is 5.76. The molecule has 0 aliphatic heterocycles. The van der Waals surface area contributed by atoms with Gasteiger partial charge in [-0.2, -0.15) is 0 Å². The highest BCUT2D eigenvalue weighted by Gasteiger charge is 2.15. The maximum Gasteiger partial charge on any atom is 0.270 e. The molecule has 0 aromatic heterocycles. The van der Waals surface area contributed by atoms with Gasteiger partial charge < -0.3 is 10.1 Å². The van der Waals surface area contributed by atoms with E-state index in [9.17, 15) is 14.9 Å². The Morgan fingerprint density at radius 3 is 2.54 bits per heavy atom. The van der Waals surface area contributed by atoms with Crippen LogP contribution in [-0.4, -0.2) is 17.4 Å². The third-order valence-electron chi connectivity index (χ3n) is 3.44. The molecule has 0 bridgehead atoms. The summed E-state index contributed by atoms with van der Waals surface area (Å²) < 4.78 is 5.39. The molecule has 0 aliphatic carbocycles. The van der Waals surface area contributed by atoms with Crippen molar-refractivity contribution in [3.63, 3.8) is 0 Å². The van der Waals surface area contributed by atoms with Crippen molar-refractivity contribution < 1.29 is 14.5 Å². The van der Waals surface area contributed by atoms with Crippen molar-refractivity contribution in [2.45, 2.75) is 20.3 Å². The fraction of sp³-hybridized carbons (Fsp3) is 0.235. The van der Waals surface area contributed by atoms with Crippen LogP contribution in [0.25, 0.3) is 0 Å². The summed E-state index contributed by atoms with van der Waals surface area (Å²) in [6.45, 7) is 3.43. The number of nitro benzene ring substituents is 1. The molecule has 1 N–H and O–H groups in total. The van der Waals surface area contributed by atoms with E-state index in [2.05, 4.69) is 5.32 Å². The van der Waals surface area contributed by atoms with Crippen molar-refractivity contribution in [3.05, 3.63) is 62.7 Å². The number of carbonyl (C=O) groups excluding carboxylic acids is 1. The van der Waals surface area contributed by atoms with Gasteiger partial charge in [-0.1, -0.05) is 18.5 Å². The molecule has 2 aromatic rings. The monoisotopic (exact) mass is 348 g/mol. The molecular weight excluding hydrogens is 332 g/mol. The van der Waals surface area contributed by atoms with Gasteiger partial charge in [0.2, 0.25) is 0 Å². The van der Waals surface area contributed by atoms with E-state index < -0.39 is 4.92 Å². The molecule has 0 heterocycles. The Hall–Kier alpha value is -2.60. The number of nitrogens with one attached hydrogen (secondary N) is 1. The van der Waals surface area contributed by atoms with Crippen molar-refractivity contribution in [1.82, 2.24) is 0 Å². The van der Waals surface area contributed by atoms with Crippen LogP contribution in [-0.2, 0) is 11.2 Å². The average molecular weight is 349 g/mol. The molecule has 0 saturated heterocycles. The van der Waals surface area contributed by atoms with Crippen LogP contribution < -0.4 is 10.1 Å². The molecule has 1 amide bonds. The van der Waals surface area contributed by atoms with E-state index in [1.54, 1.807) is 31.2 Å². The first-order valence-corrected chi connectivity index (χ1v) is 7.74. The Balaban J connectivity index is 2.08. The third-order valence-corrected chi connectivity index (χ3v) is 3.69. The van der Waals surface area contributed by atoms with Crippen LogP contribution >= 0.6 is 11.6 Å². The summed E-state index contributed by atoms with van der Waals surface area (Å²) in [7, 11) is 0. The summed E-state index contributed by atoms with van der Waals surface area (Å²) in [5.74, 6) is 0.197. The zero-order chi connectivity index (χ0) is 17.7. The lowest BCUT2D eigenvalue weighted by Gasteiger charge is -2.13. The fourth-order valence-corrected chi connectivity index (χ4v) is 2.38. The van der Waals surface area contributed by atoms with E-state index in [1.807, 2.05) is 6.92 Å². The first-order valence-electron chi connectivity index (χ1n) is 7.36. The third kappa shape index (κ3) is 4.45. The molecule has 6 nitrogen and oxygen atoms in total.